The van der Waals surface area contributed by atoms with Crippen LogP contribution in [0.15, 0.2) is 48.5 Å². The van der Waals surface area contributed by atoms with Gasteiger partial charge in [-0.15, -0.1) is 12.8 Å². The van der Waals surface area contributed by atoms with Gasteiger partial charge in [0.2, 0.25) is 0 Å². The fraction of sp³-hybridized carbons (Fsp3) is 0.238. The molecule has 2 aromatic carbocycles. The highest BCUT2D eigenvalue weighted by Crippen LogP contribution is 2.12. The van der Waals surface area contributed by atoms with E-state index < -0.39 is 0 Å². The summed E-state index contributed by atoms with van der Waals surface area (Å²) in [6.45, 7) is 5.12. The van der Waals surface area contributed by atoms with Crippen LogP contribution in [0.2, 0.25) is 0 Å². The first-order valence-electron chi connectivity index (χ1n) is 7.58. The topological polar surface area (TPSA) is 3.24 Å². The first-order chi connectivity index (χ1) is 10.7. The molecule has 0 N–H and O–H groups in total. The van der Waals surface area contributed by atoms with E-state index in [1.165, 1.54) is 11.1 Å². The maximum absolute atomic E-state index is 5.40. The largest absolute Gasteiger partial charge is 0.295 e. The standard InChI is InChI=1S/C21H21N/c1-4-15-22(16-20-11-7-18(5-2)8-12-20)17-21-13-9-19(6-3)10-14-21/h2-3,7-14H,4,15-17H2,1H3. The third-order valence-corrected chi connectivity index (χ3v) is 3.59. The van der Waals surface area contributed by atoms with Gasteiger partial charge in [-0.25, -0.2) is 0 Å². The van der Waals surface area contributed by atoms with Gasteiger partial charge >= 0.3 is 0 Å². The zero-order chi connectivity index (χ0) is 15.8. The Morgan fingerprint density at radius 1 is 0.773 bits per heavy atom. The Balaban J connectivity index is 2.05. The van der Waals surface area contributed by atoms with Gasteiger partial charge in [-0.3, -0.25) is 4.90 Å². The zero-order valence-corrected chi connectivity index (χ0v) is 13.0. The number of rotatable bonds is 6. The number of nitrogens with zero attached hydrogens (tertiary/aromatic N) is 1. The second kappa shape index (κ2) is 8.08. The molecule has 22 heavy (non-hydrogen) atoms. The highest BCUT2D eigenvalue weighted by Gasteiger charge is 2.06. The van der Waals surface area contributed by atoms with E-state index in [0.29, 0.717) is 0 Å². The van der Waals surface area contributed by atoms with Crippen molar-refractivity contribution in [1.29, 1.82) is 0 Å². The molecule has 0 saturated heterocycles. The Bertz CT molecular complexity index is 606. The Morgan fingerprint density at radius 3 is 1.50 bits per heavy atom. The van der Waals surface area contributed by atoms with Crippen LogP contribution in [0.4, 0.5) is 0 Å². The summed E-state index contributed by atoms with van der Waals surface area (Å²) < 4.78 is 0. The lowest BCUT2D eigenvalue weighted by molar-refractivity contribution is 0.257. The Kier molecular flexibility index (Phi) is 5.84. The number of hydrogen-bond donors (Lipinski definition) is 0. The lowest BCUT2D eigenvalue weighted by Gasteiger charge is -2.22. The van der Waals surface area contributed by atoms with Gasteiger partial charge in [0.15, 0.2) is 0 Å². The fourth-order valence-corrected chi connectivity index (χ4v) is 2.46. The van der Waals surface area contributed by atoms with E-state index in [1.807, 2.05) is 24.3 Å². The number of hydrogen-bond acceptors (Lipinski definition) is 1. The normalized spacial score (nSPS) is 10.2. The molecule has 0 aliphatic carbocycles. The van der Waals surface area contributed by atoms with Crippen LogP contribution in [-0.4, -0.2) is 11.4 Å². The van der Waals surface area contributed by atoms with Gasteiger partial charge < -0.3 is 0 Å². The molecule has 1 heteroatoms. The lowest BCUT2D eigenvalue weighted by atomic mass is 10.1. The molecule has 0 amide bonds. The predicted octanol–water partition coefficient (Wildman–Crippen LogP) is 4.06. The van der Waals surface area contributed by atoms with Gasteiger partial charge in [0.1, 0.15) is 0 Å². The van der Waals surface area contributed by atoms with E-state index in [9.17, 15) is 0 Å². The van der Waals surface area contributed by atoms with Crippen molar-refractivity contribution >= 4 is 0 Å². The van der Waals surface area contributed by atoms with Crippen molar-refractivity contribution in [1.82, 2.24) is 4.90 Å². The van der Waals surface area contributed by atoms with Crippen molar-refractivity contribution in [3.8, 4) is 24.7 Å². The summed E-state index contributed by atoms with van der Waals surface area (Å²) in [5.41, 5.74) is 4.42. The van der Waals surface area contributed by atoms with Crippen LogP contribution in [0.1, 0.15) is 35.6 Å². The first kappa shape index (κ1) is 15.9. The molecule has 0 radical (unpaired) electrons. The molecule has 0 bridgehead atoms. The van der Waals surface area contributed by atoms with Crippen molar-refractivity contribution in [2.45, 2.75) is 26.4 Å². The van der Waals surface area contributed by atoms with Gasteiger partial charge in [0.25, 0.3) is 0 Å². The highest BCUT2D eigenvalue weighted by atomic mass is 15.1. The van der Waals surface area contributed by atoms with Crippen molar-refractivity contribution in [2.24, 2.45) is 0 Å². The van der Waals surface area contributed by atoms with Crippen LogP contribution in [-0.2, 0) is 13.1 Å². The van der Waals surface area contributed by atoms with E-state index in [-0.39, 0.29) is 0 Å². The zero-order valence-electron chi connectivity index (χ0n) is 13.0. The van der Waals surface area contributed by atoms with E-state index in [4.69, 9.17) is 12.8 Å². The average molecular weight is 287 g/mol. The fourth-order valence-electron chi connectivity index (χ4n) is 2.46. The van der Waals surface area contributed by atoms with E-state index in [1.54, 1.807) is 0 Å². The summed E-state index contributed by atoms with van der Waals surface area (Å²) in [5, 5.41) is 0. The van der Waals surface area contributed by atoms with Gasteiger partial charge in [0, 0.05) is 24.2 Å². The maximum atomic E-state index is 5.40. The Labute approximate surface area is 134 Å². The highest BCUT2D eigenvalue weighted by molar-refractivity contribution is 5.35. The molecule has 1 nitrogen and oxygen atoms in total. The SMILES string of the molecule is C#Cc1ccc(CN(CCC)Cc2ccc(C#C)cc2)cc1. The van der Waals surface area contributed by atoms with Crippen molar-refractivity contribution in [2.75, 3.05) is 6.54 Å². The lowest BCUT2D eigenvalue weighted by Crippen LogP contribution is -2.23. The monoisotopic (exact) mass is 287 g/mol. The van der Waals surface area contributed by atoms with Crippen LogP contribution in [0.3, 0.4) is 0 Å². The molecule has 0 saturated carbocycles. The molecule has 2 rings (SSSR count). The molecule has 0 heterocycles. The van der Waals surface area contributed by atoms with E-state index >= 15 is 0 Å². The van der Waals surface area contributed by atoms with Crippen molar-refractivity contribution < 1.29 is 0 Å². The minimum Gasteiger partial charge on any atom is -0.295 e. The van der Waals surface area contributed by atoms with Crippen molar-refractivity contribution in [3.63, 3.8) is 0 Å². The summed E-state index contributed by atoms with van der Waals surface area (Å²) in [5.74, 6) is 5.31. The van der Waals surface area contributed by atoms with Gasteiger partial charge in [-0.05, 0) is 48.4 Å². The van der Waals surface area contributed by atoms with Gasteiger partial charge in [-0.2, -0.15) is 0 Å². The second-order valence-electron chi connectivity index (χ2n) is 5.39. The summed E-state index contributed by atoms with van der Waals surface area (Å²) in [4.78, 5) is 2.44. The third-order valence-electron chi connectivity index (χ3n) is 3.59. The smallest absolute Gasteiger partial charge is 0.0242 e. The maximum Gasteiger partial charge on any atom is 0.0242 e. The molecular weight excluding hydrogens is 266 g/mol. The molecule has 110 valence electrons. The van der Waals surface area contributed by atoms with E-state index in [2.05, 4.69) is 47.9 Å². The van der Waals surface area contributed by atoms with Crippen LogP contribution in [0.5, 0.6) is 0 Å². The predicted molar refractivity (Wildman–Crippen MR) is 93.2 cm³/mol. The molecule has 0 aliphatic rings. The molecule has 0 atom stereocenters. The minimum atomic E-state index is 0.926. The molecule has 2 aromatic rings. The van der Waals surface area contributed by atoms with Gasteiger partial charge in [-0.1, -0.05) is 43.0 Å². The molecule has 0 aliphatic heterocycles. The van der Waals surface area contributed by atoms with Crippen LogP contribution >= 0.6 is 0 Å². The Morgan fingerprint density at radius 2 is 1.18 bits per heavy atom. The van der Waals surface area contributed by atoms with Crippen molar-refractivity contribution in [3.05, 3.63) is 70.8 Å². The molecule has 0 spiro atoms. The van der Waals surface area contributed by atoms with E-state index in [0.717, 1.165) is 37.2 Å². The average Bonchev–Trinajstić information content (AvgIpc) is 2.56. The van der Waals surface area contributed by atoms with Gasteiger partial charge in [0.05, 0.1) is 0 Å². The first-order valence-corrected chi connectivity index (χ1v) is 7.58. The molecule has 0 unspecified atom stereocenters. The van der Waals surface area contributed by atoms with Crippen LogP contribution in [0.25, 0.3) is 0 Å². The quantitative estimate of drug-likeness (QED) is 0.724. The Hall–Kier alpha value is -2.48. The summed E-state index contributed by atoms with van der Waals surface area (Å²) >= 11 is 0. The molecule has 0 aromatic heterocycles. The number of terminal acetylenes is 2. The summed E-state index contributed by atoms with van der Waals surface area (Å²) in [6.07, 6.45) is 11.9. The molecular formula is C21H21N. The minimum absolute atomic E-state index is 0.926. The van der Waals surface area contributed by atoms with Crippen LogP contribution < -0.4 is 0 Å². The molecule has 0 fully saturated rings. The summed E-state index contributed by atoms with van der Waals surface area (Å²) in [7, 11) is 0. The third kappa shape index (κ3) is 4.52. The number of benzene rings is 2. The summed E-state index contributed by atoms with van der Waals surface area (Å²) in [6, 6.07) is 16.4. The second-order valence-corrected chi connectivity index (χ2v) is 5.39. The van der Waals surface area contributed by atoms with Crippen LogP contribution in [0, 0.1) is 24.7 Å².